The Balaban J connectivity index is 1.44. The molecule has 1 atom stereocenters. The van der Waals surface area contributed by atoms with E-state index in [1.807, 2.05) is 16.9 Å². The molecule has 0 bridgehead atoms. The van der Waals surface area contributed by atoms with E-state index < -0.39 is 21.7 Å². The fraction of sp³-hybridized carbons (Fsp3) is 0.458. The van der Waals surface area contributed by atoms with Gasteiger partial charge in [0.1, 0.15) is 0 Å². The molecule has 1 saturated heterocycles. The van der Waals surface area contributed by atoms with Crippen LogP contribution in [0.4, 0.5) is 4.39 Å². The summed E-state index contributed by atoms with van der Waals surface area (Å²) in [6, 6.07) is 8.57. The summed E-state index contributed by atoms with van der Waals surface area (Å²) in [5.74, 6) is -1.42. The second-order valence-electron chi connectivity index (χ2n) is 9.19. The largest absolute Gasteiger partial charge is 0.490 e. The fourth-order valence-electron chi connectivity index (χ4n) is 4.36. The number of carbonyl (C=O) groups is 1. The molecule has 0 radical (unpaired) electrons. The minimum Gasteiger partial charge on any atom is -0.490 e. The van der Waals surface area contributed by atoms with Gasteiger partial charge >= 0.3 is 0 Å². The number of nitrogens with zero attached hydrogens (tertiary/aromatic N) is 1. The number of amides is 1. The Morgan fingerprint density at radius 2 is 1.85 bits per heavy atom. The Bertz CT molecular complexity index is 1170. The van der Waals surface area contributed by atoms with Crippen molar-refractivity contribution in [3.05, 3.63) is 62.9 Å². The van der Waals surface area contributed by atoms with E-state index in [1.54, 1.807) is 12.1 Å². The normalized spacial score (nSPS) is 19.1. The molecule has 34 heavy (non-hydrogen) atoms. The van der Waals surface area contributed by atoms with Gasteiger partial charge in [0, 0.05) is 29.1 Å². The van der Waals surface area contributed by atoms with Crippen molar-refractivity contribution in [1.82, 2.24) is 9.62 Å². The number of rotatable bonds is 8. The van der Waals surface area contributed by atoms with E-state index in [1.165, 1.54) is 6.07 Å². The first-order valence-corrected chi connectivity index (χ1v) is 13.9. The molecular weight excluding hydrogens is 502 g/mol. The number of nitrogens with one attached hydrogen (secondary N) is 1. The number of sulfonamides is 1. The lowest BCUT2D eigenvalue weighted by Crippen LogP contribution is -2.37. The third-order valence-corrected chi connectivity index (χ3v) is 7.03. The van der Waals surface area contributed by atoms with Crippen LogP contribution in [0, 0.1) is 11.7 Å². The van der Waals surface area contributed by atoms with Crippen LogP contribution in [0.3, 0.4) is 0 Å². The van der Waals surface area contributed by atoms with Crippen molar-refractivity contribution >= 4 is 39.1 Å². The van der Waals surface area contributed by atoms with Crippen LogP contribution in [0.25, 0.3) is 0 Å². The minimum atomic E-state index is -3.81. The van der Waals surface area contributed by atoms with E-state index in [-0.39, 0.29) is 23.1 Å². The quantitative estimate of drug-likeness (QED) is 0.522. The number of halogens is 3. The Labute approximate surface area is 209 Å². The molecule has 1 aliphatic carbocycles. The molecular formula is C24H27Cl2FN2O4S. The molecule has 1 amide bonds. The molecule has 184 valence electrons. The first kappa shape index (κ1) is 25.2. The lowest BCUT2D eigenvalue weighted by Gasteiger charge is -2.32. The molecule has 2 aromatic carbocycles. The second-order valence-corrected chi connectivity index (χ2v) is 11.8. The number of carbonyl (C=O) groups excluding carboxylic acids is 1. The zero-order valence-electron chi connectivity index (χ0n) is 18.8. The van der Waals surface area contributed by atoms with Gasteiger partial charge in [0.2, 0.25) is 10.0 Å². The van der Waals surface area contributed by atoms with Crippen molar-refractivity contribution in [2.45, 2.75) is 38.1 Å². The number of likely N-dealkylation sites (tertiary alicyclic amines) is 1. The first-order chi connectivity index (χ1) is 16.1. The maximum Gasteiger partial charge on any atom is 0.267 e. The number of hydrogen-bond donors (Lipinski definition) is 1. The summed E-state index contributed by atoms with van der Waals surface area (Å²) >= 11 is 12.2. The second kappa shape index (κ2) is 10.4. The molecule has 1 aliphatic heterocycles. The molecule has 10 heteroatoms. The molecule has 4 rings (SSSR count). The standard InChI is InChI=1S/C24H27Cl2FN2O4S/c1-34(31,32)28-24(30)21-9-18(17-4-5-17)10-22(23(21)27)33-14-15-3-2-6-29(12-15)13-16-7-19(25)11-20(26)8-16/h7-11,15,17H,2-6,12-14H2,1H3,(H,28,30). The number of benzene rings is 2. The summed E-state index contributed by atoms with van der Waals surface area (Å²) in [5, 5.41) is 1.20. The van der Waals surface area contributed by atoms with Gasteiger partial charge in [-0.1, -0.05) is 23.2 Å². The summed E-state index contributed by atoms with van der Waals surface area (Å²) in [5.41, 5.74) is 1.51. The number of ether oxygens (including phenoxy) is 1. The third-order valence-electron chi connectivity index (χ3n) is 6.04. The van der Waals surface area contributed by atoms with E-state index >= 15 is 4.39 Å². The van der Waals surface area contributed by atoms with Gasteiger partial charge in [-0.2, -0.15) is 0 Å². The Hall–Kier alpha value is -1.87. The van der Waals surface area contributed by atoms with Crippen molar-refractivity contribution in [3.63, 3.8) is 0 Å². The van der Waals surface area contributed by atoms with Gasteiger partial charge in [-0.05, 0) is 79.6 Å². The van der Waals surface area contributed by atoms with Crippen LogP contribution in [0.2, 0.25) is 10.0 Å². The van der Waals surface area contributed by atoms with Crippen LogP contribution >= 0.6 is 23.2 Å². The highest BCUT2D eigenvalue weighted by molar-refractivity contribution is 7.89. The van der Waals surface area contributed by atoms with Gasteiger partial charge < -0.3 is 4.74 Å². The van der Waals surface area contributed by atoms with Gasteiger partial charge in [-0.25, -0.2) is 17.5 Å². The third kappa shape index (κ3) is 6.84. The molecule has 2 aromatic rings. The van der Waals surface area contributed by atoms with E-state index in [9.17, 15) is 13.2 Å². The summed E-state index contributed by atoms with van der Waals surface area (Å²) in [6.45, 7) is 2.71. The average molecular weight is 529 g/mol. The van der Waals surface area contributed by atoms with E-state index in [4.69, 9.17) is 27.9 Å². The van der Waals surface area contributed by atoms with Crippen molar-refractivity contribution in [1.29, 1.82) is 0 Å². The van der Waals surface area contributed by atoms with Crippen LogP contribution in [0.5, 0.6) is 5.75 Å². The SMILES string of the molecule is CS(=O)(=O)NC(=O)c1cc(C2CC2)cc(OCC2CCCN(Cc3cc(Cl)cc(Cl)c3)C2)c1F. The highest BCUT2D eigenvalue weighted by Crippen LogP contribution is 2.42. The van der Waals surface area contributed by atoms with Crippen LogP contribution in [0.1, 0.15) is 53.1 Å². The Kier molecular flexibility index (Phi) is 7.72. The predicted molar refractivity (Wildman–Crippen MR) is 131 cm³/mol. The summed E-state index contributed by atoms with van der Waals surface area (Å²) in [4.78, 5) is 14.7. The van der Waals surface area contributed by atoms with Crippen molar-refractivity contribution in [3.8, 4) is 5.75 Å². The molecule has 0 spiro atoms. The molecule has 1 unspecified atom stereocenters. The fourth-order valence-corrected chi connectivity index (χ4v) is 5.38. The minimum absolute atomic E-state index is 0.0122. The van der Waals surface area contributed by atoms with E-state index in [0.29, 0.717) is 23.2 Å². The summed E-state index contributed by atoms with van der Waals surface area (Å²) in [6.07, 6.45) is 4.68. The van der Waals surface area contributed by atoms with Crippen LogP contribution < -0.4 is 9.46 Å². The van der Waals surface area contributed by atoms with E-state index in [0.717, 1.165) is 56.2 Å². The van der Waals surface area contributed by atoms with Crippen LogP contribution in [-0.2, 0) is 16.6 Å². The van der Waals surface area contributed by atoms with Gasteiger partial charge in [0.05, 0.1) is 18.4 Å². The lowest BCUT2D eigenvalue weighted by molar-refractivity contribution is 0.0975. The van der Waals surface area contributed by atoms with E-state index in [2.05, 4.69) is 4.90 Å². The molecule has 1 N–H and O–H groups in total. The smallest absolute Gasteiger partial charge is 0.267 e. The molecule has 2 fully saturated rings. The summed E-state index contributed by atoms with van der Waals surface area (Å²) < 4.78 is 45.8. The molecule has 1 saturated carbocycles. The van der Waals surface area contributed by atoms with Gasteiger partial charge in [0.15, 0.2) is 11.6 Å². The van der Waals surface area contributed by atoms with Gasteiger partial charge in [0.25, 0.3) is 5.91 Å². The maximum absolute atomic E-state index is 15.1. The highest BCUT2D eigenvalue weighted by Gasteiger charge is 2.29. The summed E-state index contributed by atoms with van der Waals surface area (Å²) in [7, 11) is -3.81. The zero-order valence-corrected chi connectivity index (χ0v) is 21.1. The molecule has 1 heterocycles. The maximum atomic E-state index is 15.1. The topological polar surface area (TPSA) is 75.7 Å². The Morgan fingerprint density at radius 3 is 2.50 bits per heavy atom. The predicted octanol–water partition coefficient (Wildman–Crippen LogP) is 4.99. The molecule has 2 aliphatic rings. The average Bonchev–Trinajstić information content (AvgIpc) is 3.56. The van der Waals surface area contributed by atoms with Crippen LogP contribution in [0.15, 0.2) is 30.3 Å². The first-order valence-electron chi connectivity index (χ1n) is 11.2. The van der Waals surface area contributed by atoms with Gasteiger partial charge in [-0.15, -0.1) is 0 Å². The molecule has 0 aromatic heterocycles. The Morgan fingerprint density at radius 1 is 1.15 bits per heavy atom. The lowest BCUT2D eigenvalue weighted by atomic mass is 9.98. The van der Waals surface area contributed by atoms with Crippen molar-refractivity contribution in [2.75, 3.05) is 26.0 Å². The zero-order chi connectivity index (χ0) is 24.5. The number of hydrogen-bond acceptors (Lipinski definition) is 5. The van der Waals surface area contributed by atoms with Gasteiger partial charge in [-0.3, -0.25) is 9.69 Å². The van der Waals surface area contributed by atoms with Crippen molar-refractivity contribution in [2.24, 2.45) is 5.92 Å². The molecule has 6 nitrogen and oxygen atoms in total. The monoisotopic (exact) mass is 528 g/mol. The van der Waals surface area contributed by atoms with Crippen molar-refractivity contribution < 1.29 is 22.3 Å². The highest BCUT2D eigenvalue weighted by atomic mass is 35.5. The van der Waals surface area contributed by atoms with Crippen LogP contribution in [-0.4, -0.2) is 45.2 Å². The number of piperidine rings is 1.